The number of ether oxygens (including phenoxy) is 1. The van der Waals surface area contributed by atoms with E-state index in [-0.39, 0.29) is 29.3 Å². The van der Waals surface area contributed by atoms with Crippen LogP contribution in [0.1, 0.15) is 16.3 Å². The van der Waals surface area contributed by atoms with Crippen molar-refractivity contribution in [2.24, 2.45) is 0 Å². The second-order valence-electron chi connectivity index (χ2n) is 5.29. The number of pyridine rings is 1. The van der Waals surface area contributed by atoms with Crippen LogP contribution in [0.15, 0.2) is 35.3 Å². The molecule has 124 valence electrons. The van der Waals surface area contributed by atoms with E-state index >= 15 is 0 Å². The molecule has 0 fully saturated rings. The Morgan fingerprint density at radius 2 is 2.17 bits per heavy atom. The number of H-pyrrole nitrogens is 2. The number of methoxy groups -OCH3 is 1. The molecule has 0 radical (unpaired) electrons. The Hall–Kier alpha value is -2.80. The van der Waals surface area contributed by atoms with Crippen molar-refractivity contribution in [2.75, 3.05) is 14.2 Å². The van der Waals surface area contributed by atoms with Crippen molar-refractivity contribution in [3.05, 3.63) is 57.2 Å². The van der Waals surface area contributed by atoms with Gasteiger partial charge in [-0.25, -0.2) is 4.98 Å². The first-order chi connectivity index (χ1) is 11.5. The molecule has 0 bridgehead atoms. The van der Waals surface area contributed by atoms with Crippen LogP contribution in [0.2, 0.25) is 5.02 Å². The molecule has 0 spiro atoms. The van der Waals surface area contributed by atoms with E-state index in [2.05, 4.69) is 15.0 Å². The summed E-state index contributed by atoms with van der Waals surface area (Å²) in [5, 5.41) is 0.609. The monoisotopic (exact) mass is 346 g/mol. The molecule has 1 amide bonds. The third-order valence-corrected chi connectivity index (χ3v) is 3.79. The molecule has 1 aromatic carbocycles. The van der Waals surface area contributed by atoms with Crippen molar-refractivity contribution < 1.29 is 9.53 Å². The fourth-order valence-electron chi connectivity index (χ4n) is 2.35. The van der Waals surface area contributed by atoms with Gasteiger partial charge < -0.3 is 19.6 Å². The van der Waals surface area contributed by atoms with E-state index in [0.29, 0.717) is 10.8 Å². The van der Waals surface area contributed by atoms with E-state index in [0.717, 1.165) is 11.0 Å². The van der Waals surface area contributed by atoms with Gasteiger partial charge in [0.05, 0.1) is 24.7 Å². The van der Waals surface area contributed by atoms with Crippen molar-refractivity contribution in [1.29, 1.82) is 0 Å². The highest BCUT2D eigenvalue weighted by molar-refractivity contribution is 6.31. The van der Waals surface area contributed by atoms with Crippen LogP contribution in [0.5, 0.6) is 5.75 Å². The molecule has 0 aliphatic heterocycles. The zero-order valence-electron chi connectivity index (χ0n) is 13.1. The number of carbonyl (C=O) groups is 1. The first-order valence-corrected chi connectivity index (χ1v) is 7.52. The lowest BCUT2D eigenvalue weighted by molar-refractivity contribution is 0.0776. The number of nitrogens with one attached hydrogen (secondary N) is 2. The standard InChI is InChI=1S/C16H15ClN4O3/c1-21(16(23)12-6-13(22)14(24-2)7-18-12)8-15-19-10-4-3-9(17)5-11(10)20-15/h3-7H,8H2,1-2H3,(H,18,22)(H,19,20). The van der Waals surface area contributed by atoms with Crippen molar-refractivity contribution in [1.82, 2.24) is 19.9 Å². The number of hydrogen-bond acceptors (Lipinski definition) is 4. The van der Waals surface area contributed by atoms with E-state index in [4.69, 9.17) is 16.3 Å². The van der Waals surface area contributed by atoms with Crippen LogP contribution in [0.4, 0.5) is 0 Å². The van der Waals surface area contributed by atoms with Crippen LogP contribution in [0.3, 0.4) is 0 Å². The number of fused-ring (bicyclic) bond motifs is 1. The summed E-state index contributed by atoms with van der Waals surface area (Å²) in [5.74, 6) is 0.454. The van der Waals surface area contributed by atoms with Crippen molar-refractivity contribution in [2.45, 2.75) is 6.54 Å². The first-order valence-electron chi connectivity index (χ1n) is 7.14. The molecule has 0 unspecified atom stereocenters. The summed E-state index contributed by atoms with van der Waals surface area (Å²) in [4.78, 5) is 35.9. The molecule has 0 atom stereocenters. The molecule has 8 heteroatoms. The fourth-order valence-corrected chi connectivity index (χ4v) is 2.53. The number of benzene rings is 1. The SMILES string of the molecule is COc1c[nH]c(C(=O)N(C)Cc2nc3ccc(Cl)cc3[nH]2)cc1=O. The molecule has 7 nitrogen and oxygen atoms in total. The summed E-state index contributed by atoms with van der Waals surface area (Å²) in [5.41, 5.74) is 1.40. The van der Waals surface area contributed by atoms with Gasteiger partial charge in [-0.1, -0.05) is 11.6 Å². The molecule has 0 saturated heterocycles. The Bertz CT molecular complexity index is 963. The van der Waals surface area contributed by atoms with Crippen LogP contribution in [0, 0.1) is 0 Å². The number of aromatic amines is 2. The van der Waals surface area contributed by atoms with Gasteiger partial charge in [0.15, 0.2) is 5.75 Å². The van der Waals surface area contributed by atoms with Gasteiger partial charge in [-0.2, -0.15) is 0 Å². The predicted octanol–water partition coefficient (Wildman–Crippen LogP) is 2.19. The lowest BCUT2D eigenvalue weighted by atomic mass is 10.3. The molecular formula is C16H15ClN4O3. The number of aromatic nitrogens is 3. The van der Waals surface area contributed by atoms with Crippen LogP contribution in [-0.4, -0.2) is 39.9 Å². The Balaban J connectivity index is 1.80. The van der Waals surface area contributed by atoms with Crippen LogP contribution in [0.25, 0.3) is 11.0 Å². The second-order valence-corrected chi connectivity index (χ2v) is 5.72. The highest BCUT2D eigenvalue weighted by Crippen LogP contribution is 2.18. The number of nitrogens with zero attached hydrogens (tertiary/aromatic N) is 2. The molecular weight excluding hydrogens is 332 g/mol. The molecule has 2 N–H and O–H groups in total. The Labute approximate surface area is 142 Å². The van der Waals surface area contributed by atoms with Gasteiger partial charge in [0.2, 0.25) is 5.43 Å². The summed E-state index contributed by atoms with van der Waals surface area (Å²) in [6.07, 6.45) is 1.37. The summed E-state index contributed by atoms with van der Waals surface area (Å²) < 4.78 is 4.88. The maximum atomic E-state index is 12.4. The van der Waals surface area contributed by atoms with E-state index in [1.54, 1.807) is 25.2 Å². The zero-order valence-corrected chi connectivity index (χ0v) is 13.8. The average Bonchev–Trinajstić information content (AvgIpc) is 2.95. The smallest absolute Gasteiger partial charge is 0.270 e. The minimum atomic E-state index is -0.355. The first kappa shape index (κ1) is 16.1. The minimum absolute atomic E-state index is 0.156. The normalized spacial score (nSPS) is 10.8. The predicted molar refractivity (Wildman–Crippen MR) is 90.5 cm³/mol. The van der Waals surface area contributed by atoms with Crippen LogP contribution in [-0.2, 0) is 6.54 Å². The van der Waals surface area contributed by atoms with E-state index in [9.17, 15) is 9.59 Å². The van der Waals surface area contributed by atoms with E-state index < -0.39 is 0 Å². The highest BCUT2D eigenvalue weighted by atomic mass is 35.5. The summed E-state index contributed by atoms with van der Waals surface area (Å²) in [6.45, 7) is 0.263. The van der Waals surface area contributed by atoms with Gasteiger partial charge >= 0.3 is 0 Å². The summed E-state index contributed by atoms with van der Waals surface area (Å²) in [6, 6.07) is 6.55. The molecule has 3 rings (SSSR count). The molecule has 0 aliphatic carbocycles. The third-order valence-electron chi connectivity index (χ3n) is 3.55. The number of rotatable bonds is 4. The summed E-state index contributed by atoms with van der Waals surface area (Å²) in [7, 11) is 3.02. The van der Waals surface area contributed by atoms with E-state index in [1.165, 1.54) is 24.3 Å². The van der Waals surface area contributed by atoms with Gasteiger partial charge in [-0.15, -0.1) is 0 Å². The molecule has 2 heterocycles. The van der Waals surface area contributed by atoms with Crippen molar-refractivity contribution >= 4 is 28.5 Å². The topological polar surface area (TPSA) is 91.1 Å². The van der Waals surface area contributed by atoms with E-state index in [1.807, 2.05) is 0 Å². The average molecular weight is 347 g/mol. The zero-order chi connectivity index (χ0) is 17.3. The number of amides is 1. The Morgan fingerprint density at radius 3 is 2.88 bits per heavy atom. The third kappa shape index (κ3) is 3.11. The number of hydrogen-bond donors (Lipinski definition) is 2. The molecule has 0 saturated carbocycles. The number of halogens is 1. The van der Waals surface area contributed by atoms with Gasteiger partial charge in [0.25, 0.3) is 5.91 Å². The molecule has 2 aromatic heterocycles. The van der Waals surface area contributed by atoms with Gasteiger partial charge in [-0.3, -0.25) is 9.59 Å². The minimum Gasteiger partial charge on any atom is -0.491 e. The maximum Gasteiger partial charge on any atom is 0.270 e. The maximum absolute atomic E-state index is 12.4. The molecule has 0 aliphatic rings. The second kappa shape index (κ2) is 6.37. The molecule has 24 heavy (non-hydrogen) atoms. The van der Waals surface area contributed by atoms with Crippen molar-refractivity contribution in [3.63, 3.8) is 0 Å². The lowest BCUT2D eigenvalue weighted by Gasteiger charge is -2.15. The highest BCUT2D eigenvalue weighted by Gasteiger charge is 2.16. The fraction of sp³-hybridized carbons (Fsp3) is 0.188. The summed E-state index contributed by atoms with van der Waals surface area (Å²) >= 11 is 5.95. The van der Waals surface area contributed by atoms with Crippen LogP contribution >= 0.6 is 11.6 Å². The molecule has 3 aromatic rings. The van der Waals surface area contributed by atoms with Gasteiger partial charge in [0, 0.05) is 24.3 Å². The lowest BCUT2D eigenvalue weighted by Crippen LogP contribution is -2.28. The van der Waals surface area contributed by atoms with Crippen molar-refractivity contribution in [3.8, 4) is 5.75 Å². The quantitative estimate of drug-likeness (QED) is 0.757. The Morgan fingerprint density at radius 1 is 1.38 bits per heavy atom. The van der Waals surface area contributed by atoms with Gasteiger partial charge in [-0.05, 0) is 18.2 Å². The van der Waals surface area contributed by atoms with Crippen LogP contribution < -0.4 is 10.2 Å². The largest absolute Gasteiger partial charge is 0.491 e. The Kier molecular flexibility index (Phi) is 4.26. The number of carbonyl (C=O) groups excluding carboxylic acids is 1. The number of imidazole rings is 1. The van der Waals surface area contributed by atoms with Gasteiger partial charge in [0.1, 0.15) is 11.5 Å².